The predicted octanol–water partition coefficient (Wildman–Crippen LogP) is 2.08. The number of anilines is 1. The summed E-state index contributed by atoms with van der Waals surface area (Å²) in [5, 5.41) is 0. The highest BCUT2D eigenvalue weighted by molar-refractivity contribution is 5.99. The molecule has 0 bridgehead atoms. The largest absolute Gasteiger partial charge is 0.398 e. The van der Waals surface area contributed by atoms with Gasteiger partial charge < -0.3 is 15.4 Å². The number of carbonyl (C=O) groups is 1. The van der Waals surface area contributed by atoms with Crippen molar-refractivity contribution in [3.63, 3.8) is 0 Å². The number of aryl methyl sites for hydroxylation is 1. The normalized spacial score (nSPS) is 16.6. The number of nitrogen functional groups attached to an aromatic ring is 1. The molecule has 0 atom stereocenters. The minimum absolute atomic E-state index is 0.0528. The third-order valence-electron chi connectivity index (χ3n) is 3.86. The van der Waals surface area contributed by atoms with Crippen LogP contribution in [0.5, 0.6) is 0 Å². The number of ether oxygens (including phenoxy) is 1. The number of para-hydroxylation sites is 1. The van der Waals surface area contributed by atoms with Gasteiger partial charge in [0.1, 0.15) is 0 Å². The number of piperidine rings is 1. The van der Waals surface area contributed by atoms with Crippen LogP contribution in [0.1, 0.15) is 28.8 Å². The van der Waals surface area contributed by atoms with Crippen molar-refractivity contribution in [3.05, 3.63) is 29.3 Å². The number of amides is 1. The molecule has 1 heterocycles. The molecule has 0 radical (unpaired) electrons. The van der Waals surface area contributed by atoms with Crippen LogP contribution in [-0.2, 0) is 4.74 Å². The van der Waals surface area contributed by atoms with Crippen LogP contribution in [0.4, 0.5) is 5.69 Å². The molecule has 4 nitrogen and oxygen atoms in total. The van der Waals surface area contributed by atoms with E-state index in [0.29, 0.717) is 17.2 Å². The molecule has 1 aromatic rings. The van der Waals surface area contributed by atoms with E-state index in [1.54, 1.807) is 7.11 Å². The van der Waals surface area contributed by atoms with Crippen LogP contribution < -0.4 is 5.73 Å². The van der Waals surface area contributed by atoms with E-state index in [9.17, 15) is 4.79 Å². The van der Waals surface area contributed by atoms with Crippen LogP contribution in [0.2, 0.25) is 0 Å². The number of hydrogen-bond acceptors (Lipinski definition) is 3. The van der Waals surface area contributed by atoms with Gasteiger partial charge in [-0.15, -0.1) is 0 Å². The van der Waals surface area contributed by atoms with Crippen molar-refractivity contribution in [2.75, 3.05) is 32.5 Å². The highest BCUT2D eigenvalue weighted by Crippen LogP contribution is 2.22. The van der Waals surface area contributed by atoms with Gasteiger partial charge in [-0.25, -0.2) is 0 Å². The van der Waals surface area contributed by atoms with E-state index in [-0.39, 0.29) is 5.91 Å². The Morgan fingerprint density at radius 2 is 2.11 bits per heavy atom. The molecule has 1 fully saturated rings. The number of benzene rings is 1. The van der Waals surface area contributed by atoms with Crippen LogP contribution in [0, 0.1) is 12.8 Å². The maximum Gasteiger partial charge on any atom is 0.255 e. The minimum atomic E-state index is 0.0528. The van der Waals surface area contributed by atoms with E-state index in [2.05, 4.69) is 0 Å². The van der Waals surface area contributed by atoms with E-state index in [1.807, 2.05) is 30.0 Å². The van der Waals surface area contributed by atoms with Gasteiger partial charge in [0.25, 0.3) is 5.91 Å². The van der Waals surface area contributed by atoms with E-state index >= 15 is 0 Å². The fourth-order valence-electron chi connectivity index (χ4n) is 2.58. The topological polar surface area (TPSA) is 55.6 Å². The first-order chi connectivity index (χ1) is 9.13. The molecule has 19 heavy (non-hydrogen) atoms. The molecule has 0 unspecified atom stereocenters. The number of methoxy groups -OCH3 is 1. The summed E-state index contributed by atoms with van der Waals surface area (Å²) in [5.74, 6) is 0.626. The maximum atomic E-state index is 12.5. The van der Waals surface area contributed by atoms with Crippen molar-refractivity contribution in [3.8, 4) is 0 Å². The van der Waals surface area contributed by atoms with Crippen LogP contribution in [0.25, 0.3) is 0 Å². The third-order valence-corrected chi connectivity index (χ3v) is 3.86. The molecule has 2 rings (SSSR count). The first-order valence-corrected chi connectivity index (χ1v) is 6.76. The van der Waals surface area contributed by atoms with Gasteiger partial charge in [0.05, 0.1) is 5.56 Å². The second-order valence-corrected chi connectivity index (χ2v) is 5.23. The predicted molar refractivity (Wildman–Crippen MR) is 76.1 cm³/mol. The van der Waals surface area contributed by atoms with Crippen molar-refractivity contribution in [2.45, 2.75) is 19.8 Å². The quantitative estimate of drug-likeness (QED) is 0.848. The Morgan fingerprint density at radius 1 is 1.42 bits per heavy atom. The number of nitrogens with two attached hydrogens (primary N) is 1. The van der Waals surface area contributed by atoms with Crippen molar-refractivity contribution in [1.82, 2.24) is 4.90 Å². The zero-order valence-corrected chi connectivity index (χ0v) is 11.7. The average molecular weight is 262 g/mol. The van der Waals surface area contributed by atoms with Crippen molar-refractivity contribution >= 4 is 11.6 Å². The Bertz CT molecular complexity index is 451. The van der Waals surface area contributed by atoms with Crippen LogP contribution in [0.15, 0.2) is 18.2 Å². The molecule has 0 saturated carbocycles. The summed E-state index contributed by atoms with van der Waals surface area (Å²) >= 11 is 0. The molecular formula is C15H22N2O2. The molecule has 2 N–H and O–H groups in total. The van der Waals surface area contributed by atoms with Gasteiger partial charge >= 0.3 is 0 Å². The third kappa shape index (κ3) is 3.07. The summed E-state index contributed by atoms with van der Waals surface area (Å²) < 4.78 is 5.17. The van der Waals surface area contributed by atoms with Gasteiger partial charge in [-0.3, -0.25) is 4.79 Å². The Labute approximate surface area is 114 Å². The average Bonchev–Trinajstić information content (AvgIpc) is 2.42. The molecule has 1 aliphatic heterocycles. The SMILES string of the molecule is COCC1CCN(C(=O)c2cccc(C)c2N)CC1. The summed E-state index contributed by atoms with van der Waals surface area (Å²) in [7, 11) is 1.73. The Balaban J connectivity index is 2.03. The lowest BCUT2D eigenvalue weighted by Gasteiger charge is -2.32. The highest BCUT2D eigenvalue weighted by atomic mass is 16.5. The number of rotatable bonds is 3. The number of nitrogens with zero attached hydrogens (tertiary/aromatic N) is 1. The molecule has 0 aliphatic carbocycles. The van der Waals surface area contributed by atoms with Gasteiger partial charge in [-0.2, -0.15) is 0 Å². The summed E-state index contributed by atoms with van der Waals surface area (Å²) in [6.07, 6.45) is 2.01. The minimum Gasteiger partial charge on any atom is -0.398 e. The molecule has 0 spiro atoms. The second-order valence-electron chi connectivity index (χ2n) is 5.23. The monoisotopic (exact) mass is 262 g/mol. The van der Waals surface area contributed by atoms with Gasteiger partial charge in [-0.05, 0) is 37.3 Å². The van der Waals surface area contributed by atoms with E-state index in [4.69, 9.17) is 10.5 Å². The fourth-order valence-corrected chi connectivity index (χ4v) is 2.58. The highest BCUT2D eigenvalue weighted by Gasteiger charge is 2.24. The fraction of sp³-hybridized carbons (Fsp3) is 0.533. The van der Waals surface area contributed by atoms with Crippen LogP contribution in [0.3, 0.4) is 0 Å². The van der Waals surface area contributed by atoms with Crippen LogP contribution in [-0.4, -0.2) is 37.6 Å². The van der Waals surface area contributed by atoms with Gasteiger partial charge in [0.2, 0.25) is 0 Å². The maximum absolute atomic E-state index is 12.5. The molecule has 4 heteroatoms. The number of likely N-dealkylation sites (tertiary alicyclic amines) is 1. The summed E-state index contributed by atoms with van der Waals surface area (Å²) in [5.41, 5.74) is 8.19. The Hall–Kier alpha value is -1.55. The molecule has 1 saturated heterocycles. The molecule has 1 amide bonds. The number of hydrogen-bond donors (Lipinski definition) is 1. The van der Waals surface area contributed by atoms with Gasteiger partial charge in [0.15, 0.2) is 0 Å². The van der Waals surface area contributed by atoms with Gasteiger partial charge in [0, 0.05) is 32.5 Å². The zero-order valence-electron chi connectivity index (χ0n) is 11.7. The van der Waals surface area contributed by atoms with E-state index in [0.717, 1.165) is 38.1 Å². The number of carbonyl (C=O) groups excluding carboxylic acids is 1. The summed E-state index contributed by atoms with van der Waals surface area (Å²) in [4.78, 5) is 14.4. The molecule has 1 aromatic carbocycles. The van der Waals surface area contributed by atoms with Crippen molar-refractivity contribution in [2.24, 2.45) is 5.92 Å². The lowest BCUT2D eigenvalue weighted by molar-refractivity contribution is 0.0614. The van der Waals surface area contributed by atoms with Gasteiger partial charge in [-0.1, -0.05) is 12.1 Å². The molecule has 0 aromatic heterocycles. The Morgan fingerprint density at radius 3 is 2.74 bits per heavy atom. The first kappa shape index (κ1) is 13.9. The molecule has 104 valence electrons. The smallest absolute Gasteiger partial charge is 0.255 e. The van der Waals surface area contributed by atoms with E-state index in [1.165, 1.54) is 0 Å². The van der Waals surface area contributed by atoms with Crippen LogP contribution >= 0.6 is 0 Å². The second kappa shape index (κ2) is 6.06. The lowest BCUT2D eigenvalue weighted by Crippen LogP contribution is -2.39. The standard InChI is InChI=1S/C15H22N2O2/c1-11-4-3-5-13(14(11)16)15(18)17-8-6-12(7-9-17)10-19-2/h3-5,12H,6-10,16H2,1-2H3. The molecular weight excluding hydrogens is 240 g/mol. The lowest BCUT2D eigenvalue weighted by atomic mass is 9.97. The van der Waals surface area contributed by atoms with Crippen molar-refractivity contribution < 1.29 is 9.53 Å². The Kier molecular flexibility index (Phi) is 4.43. The summed E-state index contributed by atoms with van der Waals surface area (Å²) in [6, 6.07) is 5.62. The zero-order chi connectivity index (χ0) is 13.8. The molecule has 1 aliphatic rings. The van der Waals surface area contributed by atoms with Crippen molar-refractivity contribution in [1.29, 1.82) is 0 Å². The summed E-state index contributed by atoms with van der Waals surface area (Å²) in [6.45, 7) is 4.30. The first-order valence-electron chi connectivity index (χ1n) is 6.76. The van der Waals surface area contributed by atoms with E-state index < -0.39 is 0 Å².